The summed E-state index contributed by atoms with van der Waals surface area (Å²) in [5, 5.41) is 2.24. The molecule has 4 aromatic rings. The molecule has 0 saturated heterocycles. The average molecular weight is 445 g/mol. The van der Waals surface area contributed by atoms with Crippen LogP contribution in [0.4, 0.5) is 5.82 Å². The quantitative estimate of drug-likeness (QED) is 0.380. The Balaban J connectivity index is 1.60. The summed E-state index contributed by atoms with van der Waals surface area (Å²) in [5.74, 6) is 1.18. The van der Waals surface area contributed by atoms with Crippen molar-refractivity contribution >= 4 is 27.9 Å². The molecule has 0 amide bonds. The van der Waals surface area contributed by atoms with Gasteiger partial charge in [-0.3, -0.25) is 0 Å². The number of rotatable bonds is 4. The highest BCUT2D eigenvalue weighted by atomic mass is 16.3. The fourth-order valence-electron chi connectivity index (χ4n) is 5.55. The molecule has 0 aliphatic carbocycles. The third-order valence-corrected chi connectivity index (χ3v) is 7.15. The van der Waals surface area contributed by atoms with Gasteiger partial charge in [-0.05, 0) is 77.8 Å². The molecule has 0 unspecified atom stereocenters. The molecule has 1 aromatic carbocycles. The molecule has 4 heterocycles. The van der Waals surface area contributed by atoms with Crippen LogP contribution >= 0.6 is 0 Å². The average Bonchev–Trinajstić information content (AvgIpc) is 3.42. The summed E-state index contributed by atoms with van der Waals surface area (Å²) in [5.41, 5.74) is 4.84. The van der Waals surface area contributed by atoms with Crippen molar-refractivity contribution in [3.8, 4) is 0 Å². The lowest BCUT2D eigenvalue weighted by Crippen LogP contribution is -2.48. The number of hydrogen-bond acceptors (Lipinski definition) is 4. The van der Waals surface area contributed by atoms with Gasteiger partial charge in [0, 0.05) is 28.9 Å². The Bertz CT molecular complexity index is 1390. The first kappa shape index (κ1) is 21.6. The van der Waals surface area contributed by atoms with Crippen LogP contribution < -0.4 is 9.58 Å². The van der Waals surface area contributed by atoms with E-state index < -0.39 is 0 Å². The third kappa shape index (κ3) is 3.15. The first-order valence-corrected chi connectivity index (χ1v) is 11.7. The Morgan fingerprint density at radius 2 is 1.82 bits per heavy atom. The third-order valence-electron chi connectivity index (χ3n) is 7.15. The summed E-state index contributed by atoms with van der Waals surface area (Å²) in [6, 6.07) is 11.1. The lowest BCUT2D eigenvalue weighted by molar-refractivity contribution is -0.789. The van der Waals surface area contributed by atoms with E-state index in [0.29, 0.717) is 11.8 Å². The van der Waals surface area contributed by atoms with Gasteiger partial charge in [0.25, 0.3) is 0 Å². The molecule has 0 N–H and O–H groups in total. The first-order valence-electron chi connectivity index (χ1n) is 11.7. The Kier molecular flexibility index (Phi) is 4.82. The standard InChI is InChI=1S/C27H34N5O/c1-17(2)32-14-13-23(29(32)8)30-15-16-31(20(30)5)27(6,7)25-18(3)9-12-22-24(25)21-11-10-19(4)28-26(21)33-22/h9-17,20H,1-8H3/q+1/t20-/m1/s1. The first-order chi connectivity index (χ1) is 15.6. The maximum absolute atomic E-state index is 6.18. The van der Waals surface area contributed by atoms with Gasteiger partial charge in [0.15, 0.2) is 18.1 Å². The molecule has 3 aromatic heterocycles. The van der Waals surface area contributed by atoms with Gasteiger partial charge < -0.3 is 14.2 Å². The van der Waals surface area contributed by atoms with Crippen LogP contribution in [0.1, 0.15) is 57.5 Å². The van der Waals surface area contributed by atoms with Crippen LogP contribution in [0.25, 0.3) is 22.1 Å². The zero-order chi connectivity index (χ0) is 23.7. The number of pyridine rings is 1. The van der Waals surface area contributed by atoms with E-state index in [4.69, 9.17) is 4.42 Å². The minimum Gasteiger partial charge on any atom is -0.438 e. The Hall–Kier alpha value is -3.28. The molecule has 0 radical (unpaired) electrons. The summed E-state index contributed by atoms with van der Waals surface area (Å²) in [6.45, 7) is 15.5. The predicted molar refractivity (Wildman–Crippen MR) is 133 cm³/mol. The van der Waals surface area contributed by atoms with Crippen molar-refractivity contribution in [1.82, 2.24) is 14.6 Å². The molecular weight excluding hydrogens is 410 g/mol. The molecular formula is C27H34N5O+. The summed E-state index contributed by atoms with van der Waals surface area (Å²) in [6.07, 6.45) is 6.73. The molecule has 172 valence electrons. The van der Waals surface area contributed by atoms with Crippen molar-refractivity contribution in [3.05, 3.63) is 65.7 Å². The minimum atomic E-state index is -0.269. The van der Waals surface area contributed by atoms with E-state index in [0.717, 1.165) is 22.0 Å². The largest absolute Gasteiger partial charge is 0.438 e. The highest BCUT2D eigenvalue weighted by Gasteiger charge is 2.39. The van der Waals surface area contributed by atoms with Crippen molar-refractivity contribution in [1.29, 1.82) is 0 Å². The van der Waals surface area contributed by atoms with E-state index in [9.17, 15) is 0 Å². The maximum atomic E-state index is 6.18. The van der Waals surface area contributed by atoms with E-state index in [1.165, 1.54) is 16.9 Å². The molecule has 1 aliphatic rings. The number of anilines is 1. The topological polar surface area (TPSA) is 41.3 Å². The number of hydrogen-bond donors (Lipinski definition) is 0. The van der Waals surface area contributed by atoms with E-state index >= 15 is 0 Å². The fraction of sp³-hybridized carbons (Fsp3) is 0.407. The number of furan rings is 1. The van der Waals surface area contributed by atoms with Crippen molar-refractivity contribution in [2.75, 3.05) is 4.90 Å². The number of aryl methyl sites for hydroxylation is 2. The Labute approximate surface area is 195 Å². The smallest absolute Gasteiger partial charge is 0.227 e. The zero-order valence-corrected chi connectivity index (χ0v) is 20.9. The molecule has 1 atom stereocenters. The van der Waals surface area contributed by atoms with Gasteiger partial charge >= 0.3 is 0 Å². The van der Waals surface area contributed by atoms with E-state index in [1.54, 1.807) is 0 Å². The number of fused-ring (bicyclic) bond motifs is 3. The highest BCUT2D eigenvalue weighted by Crippen LogP contribution is 2.43. The SMILES string of the molecule is Cc1ccc2c(n1)oc1ccc(C)c(C(C)(C)N3C=CN(c4cc[n+](C(C)C)n4C)[C@H]3C)c12. The van der Waals surface area contributed by atoms with E-state index in [1.807, 2.05) is 6.92 Å². The normalized spacial score (nSPS) is 16.8. The van der Waals surface area contributed by atoms with Crippen molar-refractivity contribution in [2.24, 2.45) is 7.05 Å². The maximum Gasteiger partial charge on any atom is 0.227 e. The van der Waals surface area contributed by atoms with Crippen LogP contribution in [-0.2, 0) is 12.6 Å². The van der Waals surface area contributed by atoms with E-state index in [2.05, 4.69) is 122 Å². The molecule has 5 rings (SSSR count). The second-order valence-corrected chi connectivity index (χ2v) is 10.0. The van der Waals surface area contributed by atoms with Gasteiger partial charge in [0.2, 0.25) is 5.71 Å². The summed E-state index contributed by atoms with van der Waals surface area (Å²) >= 11 is 0. The van der Waals surface area contributed by atoms with Crippen LogP contribution in [0.5, 0.6) is 0 Å². The van der Waals surface area contributed by atoms with Crippen LogP contribution in [-0.4, -0.2) is 20.7 Å². The van der Waals surface area contributed by atoms with Crippen molar-refractivity contribution in [3.63, 3.8) is 0 Å². The van der Waals surface area contributed by atoms with Crippen molar-refractivity contribution in [2.45, 2.75) is 66.2 Å². The molecule has 1 aliphatic heterocycles. The van der Waals surface area contributed by atoms with Crippen LogP contribution in [0.3, 0.4) is 0 Å². The molecule has 0 saturated carbocycles. The van der Waals surface area contributed by atoms with E-state index in [-0.39, 0.29) is 11.7 Å². The molecule has 0 bridgehead atoms. The van der Waals surface area contributed by atoms with Gasteiger partial charge in [0.05, 0.1) is 18.7 Å². The van der Waals surface area contributed by atoms with Crippen LogP contribution in [0, 0.1) is 13.8 Å². The summed E-state index contributed by atoms with van der Waals surface area (Å²) < 4.78 is 10.7. The fourth-order valence-corrected chi connectivity index (χ4v) is 5.55. The minimum absolute atomic E-state index is 0.155. The van der Waals surface area contributed by atoms with Crippen LogP contribution in [0.15, 0.2) is 53.3 Å². The predicted octanol–water partition coefficient (Wildman–Crippen LogP) is 5.68. The Morgan fingerprint density at radius 1 is 1.06 bits per heavy atom. The number of benzene rings is 1. The van der Waals surface area contributed by atoms with Gasteiger partial charge in [-0.15, -0.1) is 9.36 Å². The van der Waals surface area contributed by atoms with Crippen LogP contribution in [0.2, 0.25) is 0 Å². The lowest BCUT2D eigenvalue weighted by Gasteiger charge is -2.42. The molecule has 6 heteroatoms. The molecule has 0 spiro atoms. The highest BCUT2D eigenvalue weighted by molar-refractivity contribution is 6.06. The second kappa shape index (κ2) is 7.37. The molecule has 33 heavy (non-hydrogen) atoms. The van der Waals surface area contributed by atoms with Gasteiger partial charge in [0.1, 0.15) is 11.7 Å². The zero-order valence-electron chi connectivity index (χ0n) is 20.9. The molecule has 0 fully saturated rings. The van der Waals surface area contributed by atoms with Gasteiger partial charge in [-0.1, -0.05) is 6.07 Å². The summed E-state index contributed by atoms with van der Waals surface area (Å²) in [4.78, 5) is 9.44. The Morgan fingerprint density at radius 3 is 2.52 bits per heavy atom. The number of nitrogens with zero attached hydrogens (tertiary/aromatic N) is 5. The number of aromatic nitrogens is 3. The van der Waals surface area contributed by atoms with Crippen molar-refractivity contribution < 1.29 is 9.10 Å². The summed E-state index contributed by atoms with van der Waals surface area (Å²) in [7, 11) is 2.13. The lowest BCUT2D eigenvalue weighted by atomic mass is 9.85. The van der Waals surface area contributed by atoms with Gasteiger partial charge in [-0.25, -0.2) is 4.98 Å². The van der Waals surface area contributed by atoms with Gasteiger partial charge in [-0.2, -0.15) is 0 Å². The second-order valence-electron chi connectivity index (χ2n) is 10.0. The monoisotopic (exact) mass is 444 g/mol. The molecule has 6 nitrogen and oxygen atoms in total.